The van der Waals surface area contributed by atoms with Crippen molar-refractivity contribution in [3.8, 4) is 0 Å². The molecule has 5 nitrogen and oxygen atoms in total. The van der Waals surface area contributed by atoms with Crippen LogP contribution in [0.4, 0.5) is 17.5 Å². The standard InChI is InChI=1S/C20H29N5/c1-15(2)14-22-19-8-9-21-20(23-19)25-12-10-24(11-13-25)18-7-5-6-16(3)17(18)4/h5-9,15H,10-14H2,1-4H3,(H,21,22,23). The van der Waals surface area contributed by atoms with Gasteiger partial charge in [-0.1, -0.05) is 26.0 Å². The number of rotatable bonds is 5. The fraction of sp³-hybridized carbons (Fsp3) is 0.500. The molecule has 0 atom stereocenters. The fourth-order valence-corrected chi connectivity index (χ4v) is 3.13. The minimum absolute atomic E-state index is 0.597. The Labute approximate surface area is 151 Å². The van der Waals surface area contributed by atoms with Gasteiger partial charge < -0.3 is 15.1 Å². The summed E-state index contributed by atoms with van der Waals surface area (Å²) in [5.74, 6) is 2.34. The van der Waals surface area contributed by atoms with Crippen LogP contribution < -0.4 is 15.1 Å². The van der Waals surface area contributed by atoms with Gasteiger partial charge in [-0.2, -0.15) is 4.98 Å². The zero-order valence-corrected chi connectivity index (χ0v) is 15.8. The zero-order chi connectivity index (χ0) is 17.8. The Morgan fingerprint density at radius 2 is 1.76 bits per heavy atom. The summed E-state index contributed by atoms with van der Waals surface area (Å²) in [7, 11) is 0. The Kier molecular flexibility index (Phi) is 5.41. The van der Waals surface area contributed by atoms with Gasteiger partial charge in [0.15, 0.2) is 0 Å². The summed E-state index contributed by atoms with van der Waals surface area (Å²) in [6, 6.07) is 8.50. The van der Waals surface area contributed by atoms with Crippen LogP contribution in [0.5, 0.6) is 0 Å². The molecule has 0 aliphatic carbocycles. The molecule has 25 heavy (non-hydrogen) atoms. The third kappa shape index (κ3) is 4.21. The van der Waals surface area contributed by atoms with Crippen molar-refractivity contribution in [2.45, 2.75) is 27.7 Å². The number of nitrogens with one attached hydrogen (secondary N) is 1. The van der Waals surface area contributed by atoms with Gasteiger partial charge in [0.25, 0.3) is 0 Å². The van der Waals surface area contributed by atoms with Crippen LogP contribution in [0.25, 0.3) is 0 Å². The first-order valence-corrected chi connectivity index (χ1v) is 9.17. The van der Waals surface area contributed by atoms with E-state index in [1.807, 2.05) is 12.3 Å². The second kappa shape index (κ2) is 7.72. The van der Waals surface area contributed by atoms with Crippen molar-refractivity contribution in [2.75, 3.05) is 47.8 Å². The zero-order valence-electron chi connectivity index (χ0n) is 15.8. The van der Waals surface area contributed by atoms with Gasteiger partial charge in [0.1, 0.15) is 5.82 Å². The average molecular weight is 339 g/mol. The highest BCUT2D eigenvalue weighted by Crippen LogP contribution is 2.24. The van der Waals surface area contributed by atoms with E-state index in [0.29, 0.717) is 5.92 Å². The van der Waals surface area contributed by atoms with Crippen LogP contribution in [0.1, 0.15) is 25.0 Å². The maximum absolute atomic E-state index is 4.68. The molecule has 1 aliphatic heterocycles. The molecule has 5 heteroatoms. The summed E-state index contributed by atoms with van der Waals surface area (Å²) in [6.45, 7) is 13.6. The molecule has 2 heterocycles. The van der Waals surface area contributed by atoms with Crippen molar-refractivity contribution >= 4 is 17.5 Å². The van der Waals surface area contributed by atoms with E-state index in [4.69, 9.17) is 0 Å². The second-order valence-electron chi connectivity index (χ2n) is 7.21. The Morgan fingerprint density at radius 3 is 2.48 bits per heavy atom. The third-order valence-corrected chi connectivity index (χ3v) is 4.81. The van der Waals surface area contributed by atoms with Gasteiger partial charge in [-0.15, -0.1) is 0 Å². The first-order chi connectivity index (χ1) is 12.0. The van der Waals surface area contributed by atoms with Gasteiger partial charge in [0.2, 0.25) is 5.95 Å². The van der Waals surface area contributed by atoms with Crippen molar-refractivity contribution in [3.63, 3.8) is 0 Å². The van der Waals surface area contributed by atoms with Crippen molar-refractivity contribution in [1.29, 1.82) is 0 Å². The van der Waals surface area contributed by atoms with Gasteiger partial charge in [-0.25, -0.2) is 4.98 Å². The lowest BCUT2D eigenvalue weighted by atomic mass is 10.1. The fourth-order valence-electron chi connectivity index (χ4n) is 3.13. The maximum Gasteiger partial charge on any atom is 0.227 e. The molecule has 1 aromatic heterocycles. The summed E-state index contributed by atoms with van der Waals surface area (Å²) >= 11 is 0. The molecule has 0 spiro atoms. The molecule has 0 unspecified atom stereocenters. The molecule has 0 bridgehead atoms. The van der Waals surface area contributed by atoms with Gasteiger partial charge in [0.05, 0.1) is 0 Å². The highest BCUT2D eigenvalue weighted by atomic mass is 15.3. The molecule has 1 saturated heterocycles. The van der Waals surface area contributed by atoms with Gasteiger partial charge in [-0.3, -0.25) is 0 Å². The molecule has 3 rings (SSSR count). The smallest absolute Gasteiger partial charge is 0.227 e. The van der Waals surface area contributed by atoms with E-state index in [1.54, 1.807) is 0 Å². The lowest BCUT2D eigenvalue weighted by Crippen LogP contribution is -2.47. The normalized spacial score (nSPS) is 14.9. The van der Waals surface area contributed by atoms with Crippen LogP contribution >= 0.6 is 0 Å². The highest BCUT2D eigenvalue weighted by Gasteiger charge is 2.20. The Balaban J connectivity index is 1.64. The van der Waals surface area contributed by atoms with Crippen LogP contribution in [0.15, 0.2) is 30.5 Å². The maximum atomic E-state index is 4.68. The summed E-state index contributed by atoms with van der Waals surface area (Å²) in [5, 5.41) is 3.38. The predicted octanol–water partition coefficient (Wildman–Crippen LogP) is 3.49. The largest absolute Gasteiger partial charge is 0.370 e. The number of piperazine rings is 1. The molecule has 1 N–H and O–H groups in total. The quantitative estimate of drug-likeness (QED) is 0.903. The molecule has 0 amide bonds. The molecule has 0 saturated carbocycles. The molecule has 134 valence electrons. The molecule has 1 aliphatic rings. The second-order valence-corrected chi connectivity index (χ2v) is 7.21. The van der Waals surface area contributed by atoms with Crippen LogP contribution in [-0.2, 0) is 0 Å². The van der Waals surface area contributed by atoms with Crippen molar-refractivity contribution in [3.05, 3.63) is 41.6 Å². The van der Waals surface area contributed by atoms with E-state index >= 15 is 0 Å². The lowest BCUT2D eigenvalue weighted by Gasteiger charge is -2.37. The monoisotopic (exact) mass is 339 g/mol. The van der Waals surface area contributed by atoms with Crippen LogP contribution in [0, 0.1) is 19.8 Å². The Morgan fingerprint density at radius 1 is 1.04 bits per heavy atom. The summed E-state index contributed by atoms with van der Waals surface area (Å²) in [6.07, 6.45) is 1.85. The minimum atomic E-state index is 0.597. The topological polar surface area (TPSA) is 44.3 Å². The number of aromatic nitrogens is 2. The molecule has 2 aromatic rings. The van der Waals surface area contributed by atoms with Crippen LogP contribution in [0.3, 0.4) is 0 Å². The van der Waals surface area contributed by atoms with Gasteiger partial charge in [0, 0.05) is 44.6 Å². The van der Waals surface area contributed by atoms with E-state index in [9.17, 15) is 0 Å². The molecule has 0 radical (unpaired) electrons. The third-order valence-electron chi connectivity index (χ3n) is 4.81. The van der Waals surface area contributed by atoms with E-state index in [2.05, 4.69) is 71.0 Å². The lowest BCUT2D eigenvalue weighted by molar-refractivity contribution is 0.638. The highest BCUT2D eigenvalue weighted by molar-refractivity contribution is 5.57. The van der Waals surface area contributed by atoms with Gasteiger partial charge >= 0.3 is 0 Å². The minimum Gasteiger partial charge on any atom is -0.370 e. The van der Waals surface area contributed by atoms with Crippen molar-refractivity contribution < 1.29 is 0 Å². The Bertz CT molecular complexity index is 705. The molecule has 1 aromatic carbocycles. The summed E-state index contributed by atoms with van der Waals surface area (Å²) in [4.78, 5) is 13.9. The van der Waals surface area contributed by atoms with Crippen molar-refractivity contribution in [2.24, 2.45) is 5.92 Å². The van der Waals surface area contributed by atoms with E-state index in [1.165, 1.54) is 16.8 Å². The number of nitrogens with zero attached hydrogens (tertiary/aromatic N) is 4. The summed E-state index contributed by atoms with van der Waals surface area (Å²) < 4.78 is 0. The first-order valence-electron chi connectivity index (χ1n) is 9.17. The van der Waals surface area contributed by atoms with Gasteiger partial charge in [-0.05, 0) is 43.0 Å². The average Bonchev–Trinajstić information content (AvgIpc) is 2.63. The SMILES string of the molecule is Cc1cccc(N2CCN(c3nccc(NCC(C)C)n3)CC2)c1C. The number of hydrogen-bond acceptors (Lipinski definition) is 5. The number of aryl methyl sites for hydroxylation is 1. The van der Waals surface area contributed by atoms with Crippen LogP contribution in [-0.4, -0.2) is 42.7 Å². The van der Waals surface area contributed by atoms with Crippen molar-refractivity contribution in [1.82, 2.24) is 9.97 Å². The Hall–Kier alpha value is -2.30. The van der Waals surface area contributed by atoms with E-state index in [-0.39, 0.29) is 0 Å². The van der Waals surface area contributed by atoms with E-state index < -0.39 is 0 Å². The molecule has 1 fully saturated rings. The van der Waals surface area contributed by atoms with E-state index in [0.717, 1.165) is 44.5 Å². The summed E-state index contributed by atoms with van der Waals surface area (Å²) in [5.41, 5.74) is 4.09. The number of benzene rings is 1. The molecular formula is C20H29N5. The first kappa shape index (κ1) is 17.5. The predicted molar refractivity (Wildman–Crippen MR) is 106 cm³/mol. The molecular weight excluding hydrogens is 310 g/mol. The number of hydrogen-bond donors (Lipinski definition) is 1. The van der Waals surface area contributed by atoms with Crippen LogP contribution in [0.2, 0.25) is 0 Å². The number of anilines is 3.